The van der Waals surface area contributed by atoms with Crippen LogP contribution >= 0.6 is 0 Å². The van der Waals surface area contributed by atoms with E-state index in [0.717, 1.165) is 25.8 Å². The summed E-state index contributed by atoms with van der Waals surface area (Å²) in [6, 6.07) is -0.0948. The van der Waals surface area contributed by atoms with Crippen LogP contribution < -0.4 is 5.32 Å². The topological polar surface area (TPSA) is 69.6 Å². The molecular formula is C12H23NO3. The summed E-state index contributed by atoms with van der Waals surface area (Å²) in [5, 5.41) is 23.0. The van der Waals surface area contributed by atoms with Gasteiger partial charge in [0.25, 0.3) is 0 Å². The summed E-state index contributed by atoms with van der Waals surface area (Å²) in [5.41, 5.74) is -1.17. The fourth-order valence-electron chi connectivity index (χ4n) is 2.71. The molecule has 94 valence electrons. The Morgan fingerprint density at radius 3 is 2.62 bits per heavy atom. The molecule has 0 aromatic heterocycles. The van der Waals surface area contributed by atoms with Gasteiger partial charge in [0, 0.05) is 6.04 Å². The molecule has 1 fully saturated rings. The number of aliphatic carboxylic acids is 1. The molecule has 1 heterocycles. The first-order chi connectivity index (χ1) is 7.41. The van der Waals surface area contributed by atoms with Gasteiger partial charge in [0.05, 0.1) is 11.5 Å². The monoisotopic (exact) mass is 229 g/mol. The second-order valence-electron chi connectivity index (χ2n) is 5.08. The molecule has 0 bridgehead atoms. The SMILES string of the molecule is CCC(C)C(C(=O)O)C(C)(O)C1CCCN1. The van der Waals surface area contributed by atoms with Gasteiger partial charge in [-0.05, 0) is 32.2 Å². The lowest BCUT2D eigenvalue weighted by Gasteiger charge is -2.38. The Bertz CT molecular complexity index is 247. The summed E-state index contributed by atoms with van der Waals surface area (Å²) in [7, 11) is 0. The number of carbonyl (C=O) groups is 1. The molecule has 1 rings (SSSR count). The Balaban J connectivity index is 2.86. The Kier molecular flexibility index (Phi) is 4.33. The summed E-state index contributed by atoms with van der Waals surface area (Å²) < 4.78 is 0. The van der Waals surface area contributed by atoms with E-state index in [2.05, 4.69) is 5.32 Å². The Hall–Kier alpha value is -0.610. The minimum absolute atomic E-state index is 0.0186. The van der Waals surface area contributed by atoms with Crippen LogP contribution in [0.5, 0.6) is 0 Å². The van der Waals surface area contributed by atoms with Crippen molar-refractivity contribution in [2.75, 3.05) is 6.54 Å². The first-order valence-electron chi connectivity index (χ1n) is 6.09. The van der Waals surface area contributed by atoms with Gasteiger partial charge in [0.15, 0.2) is 0 Å². The van der Waals surface area contributed by atoms with E-state index in [1.165, 1.54) is 0 Å². The van der Waals surface area contributed by atoms with Gasteiger partial charge in [-0.25, -0.2) is 0 Å². The van der Waals surface area contributed by atoms with Crippen LogP contribution in [0.1, 0.15) is 40.0 Å². The fraction of sp³-hybridized carbons (Fsp3) is 0.917. The van der Waals surface area contributed by atoms with Gasteiger partial charge in [-0.1, -0.05) is 20.3 Å². The van der Waals surface area contributed by atoms with Gasteiger partial charge >= 0.3 is 5.97 Å². The van der Waals surface area contributed by atoms with Gasteiger partial charge in [-0.3, -0.25) is 4.79 Å². The molecule has 1 saturated heterocycles. The predicted molar refractivity (Wildman–Crippen MR) is 62.2 cm³/mol. The zero-order chi connectivity index (χ0) is 12.3. The number of aliphatic hydroxyl groups is 1. The summed E-state index contributed by atoms with van der Waals surface area (Å²) in [6.07, 6.45) is 2.63. The molecule has 1 aliphatic rings. The number of carboxylic acid groups (broad SMARTS) is 1. The highest BCUT2D eigenvalue weighted by Gasteiger charge is 2.46. The molecule has 1 aliphatic heterocycles. The van der Waals surface area contributed by atoms with E-state index in [-0.39, 0.29) is 12.0 Å². The first-order valence-corrected chi connectivity index (χ1v) is 6.09. The van der Waals surface area contributed by atoms with E-state index in [4.69, 9.17) is 0 Å². The predicted octanol–water partition coefficient (Wildman–Crippen LogP) is 1.24. The maximum atomic E-state index is 11.3. The molecule has 4 atom stereocenters. The van der Waals surface area contributed by atoms with E-state index in [0.29, 0.717) is 0 Å². The zero-order valence-corrected chi connectivity index (χ0v) is 10.4. The number of hydrogen-bond donors (Lipinski definition) is 3. The Morgan fingerprint density at radius 2 is 2.25 bits per heavy atom. The van der Waals surface area contributed by atoms with Crippen LogP contribution in [0.15, 0.2) is 0 Å². The normalized spacial score (nSPS) is 28.4. The average molecular weight is 229 g/mol. The summed E-state index contributed by atoms with van der Waals surface area (Å²) in [6.45, 7) is 6.37. The van der Waals surface area contributed by atoms with Crippen LogP contribution in [-0.4, -0.2) is 34.4 Å². The van der Waals surface area contributed by atoms with Crippen molar-refractivity contribution < 1.29 is 15.0 Å². The quantitative estimate of drug-likeness (QED) is 0.663. The maximum absolute atomic E-state index is 11.3. The molecule has 4 heteroatoms. The van der Waals surface area contributed by atoms with Crippen LogP contribution in [0, 0.1) is 11.8 Å². The smallest absolute Gasteiger partial charge is 0.309 e. The zero-order valence-electron chi connectivity index (χ0n) is 10.4. The van der Waals surface area contributed by atoms with Crippen molar-refractivity contribution in [2.24, 2.45) is 11.8 Å². The van der Waals surface area contributed by atoms with Crippen LogP contribution in [-0.2, 0) is 4.79 Å². The van der Waals surface area contributed by atoms with Crippen molar-refractivity contribution in [1.82, 2.24) is 5.32 Å². The molecule has 0 aliphatic carbocycles. The Morgan fingerprint density at radius 1 is 1.62 bits per heavy atom. The van der Waals surface area contributed by atoms with E-state index < -0.39 is 17.5 Å². The van der Waals surface area contributed by atoms with Crippen LogP contribution in [0.2, 0.25) is 0 Å². The lowest BCUT2D eigenvalue weighted by Crippen LogP contribution is -2.55. The summed E-state index contributed by atoms with van der Waals surface area (Å²) in [4.78, 5) is 11.3. The van der Waals surface area contributed by atoms with Gasteiger partial charge < -0.3 is 15.5 Å². The standard InChI is InChI=1S/C12H23NO3/c1-4-8(2)10(11(14)15)12(3,16)9-6-5-7-13-9/h8-10,13,16H,4-7H2,1-3H3,(H,14,15). The molecule has 0 saturated carbocycles. The molecule has 4 unspecified atom stereocenters. The van der Waals surface area contributed by atoms with Crippen LogP contribution in [0.4, 0.5) is 0 Å². The van der Waals surface area contributed by atoms with Crippen molar-refractivity contribution in [1.29, 1.82) is 0 Å². The molecule has 0 spiro atoms. The van der Waals surface area contributed by atoms with E-state index in [1.807, 2.05) is 13.8 Å². The van der Waals surface area contributed by atoms with Crippen LogP contribution in [0.25, 0.3) is 0 Å². The van der Waals surface area contributed by atoms with Crippen molar-refractivity contribution >= 4 is 5.97 Å². The second-order valence-corrected chi connectivity index (χ2v) is 5.08. The molecule has 0 radical (unpaired) electrons. The fourth-order valence-corrected chi connectivity index (χ4v) is 2.71. The minimum Gasteiger partial charge on any atom is -0.481 e. The maximum Gasteiger partial charge on any atom is 0.309 e. The van der Waals surface area contributed by atoms with Crippen molar-refractivity contribution in [2.45, 2.75) is 51.7 Å². The third-order valence-electron chi connectivity index (χ3n) is 3.87. The van der Waals surface area contributed by atoms with E-state index >= 15 is 0 Å². The molecule has 4 nitrogen and oxygen atoms in total. The third kappa shape index (κ3) is 2.55. The van der Waals surface area contributed by atoms with Crippen LogP contribution in [0.3, 0.4) is 0 Å². The molecule has 0 aromatic rings. The highest BCUT2D eigenvalue weighted by Crippen LogP contribution is 2.33. The molecule has 16 heavy (non-hydrogen) atoms. The van der Waals surface area contributed by atoms with Crippen molar-refractivity contribution in [3.8, 4) is 0 Å². The number of rotatable bonds is 5. The van der Waals surface area contributed by atoms with E-state index in [1.54, 1.807) is 6.92 Å². The van der Waals surface area contributed by atoms with Gasteiger partial charge in [-0.15, -0.1) is 0 Å². The molecule has 0 aromatic carbocycles. The van der Waals surface area contributed by atoms with Gasteiger partial charge in [-0.2, -0.15) is 0 Å². The van der Waals surface area contributed by atoms with Gasteiger partial charge in [0.1, 0.15) is 0 Å². The van der Waals surface area contributed by atoms with E-state index in [9.17, 15) is 15.0 Å². The number of carboxylic acids is 1. The molecular weight excluding hydrogens is 206 g/mol. The van der Waals surface area contributed by atoms with Crippen molar-refractivity contribution in [3.63, 3.8) is 0 Å². The Labute approximate surface area is 97.0 Å². The minimum atomic E-state index is -1.17. The lowest BCUT2D eigenvalue weighted by atomic mass is 9.74. The highest BCUT2D eigenvalue weighted by atomic mass is 16.4. The summed E-state index contributed by atoms with van der Waals surface area (Å²) in [5.74, 6) is -1.61. The lowest BCUT2D eigenvalue weighted by molar-refractivity contribution is -0.157. The first kappa shape index (κ1) is 13.5. The third-order valence-corrected chi connectivity index (χ3v) is 3.87. The summed E-state index contributed by atoms with van der Waals surface area (Å²) >= 11 is 0. The van der Waals surface area contributed by atoms with Crippen molar-refractivity contribution in [3.05, 3.63) is 0 Å². The molecule has 0 amide bonds. The second kappa shape index (κ2) is 5.15. The van der Waals surface area contributed by atoms with Gasteiger partial charge in [0.2, 0.25) is 0 Å². The number of nitrogens with one attached hydrogen (secondary N) is 1. The average Bonchev–Trinajstić information content (AvgIpc) is 2.69. The number of hydrogen-bond acceptors (Lipinski definition) is 3. The molecule has 3 N–H and O–H groups in total. The highest BCUT2D eigenvalue weighted by molar-refractivity contribution is 5.72. The largest absolute Gasteiger partial charge is 0.481 e.